The highest BCUT2D eigenvalue weighted by Crippen LogP contribution is 2.22. The lowest BCUT2D eigenvalue weighted by Crippen LogP contribution is -2.42. The number of carboxylic acid groups (broad SMARTS) is 1. The fourth-order valence-electron chi connectivity index (χ4n) is 1.89. The van der Waals surface area contributed by atoms with Gasteiger partial charge >= 0.3 is 5.97 Å². The van der Waals surface area contributed by atoms with Gasteiger partial charge in [-0.25, -0.2) is 13.6 Å². The van der Waals surface area contributed by atoms with Crippen LogP contribution in [-0.2, 0) is 9.59 Å². The van der Waals surface area contributed by atoms with Gasteiger partial charge in [0.2, 0.25) is 5.91 Å². The Balaban J connectivity index is 2.86. The number of carbonyl (C=O) groups is 2. The summed E-state index contributed by atoms with van der Waals surface area (Å²) >= 11 is 0. The van der Waals surface area contributed by atoms with Crippen molar-refractivity contribution in [3.63, 3.8) is 0 Å². The summed E-state index contributed by atoms with van der Waals surface area (Å²) in [6.07, 6.45) is 2.10. The zero-order valence-electron chi connectivity index (χ0n) is 11.6. The van der Waals surface area contributed by atoms with Crippen LogP contribution in [0.2, 0.25) is 0 Å². The second-order valence-corrected chi connectivity index (χ2v) is 4.62. The summed E-state index contributed by atoms with van der Waals surface area (Å²) in [5, 5.41) is 11.3. The Kier molecular flexibility index (Phi) is 6.02. The molecule has 0 saturated carbocycles. The molecule has 0 aliphatic rings. The van der Waals surface area contributed by atoms with E-state index >= 15 is 0 Å². The summed E-state index contributed by atoms with van der Waals surface area (Å²) in [6.45, 7) is 4.79. The molecule has 1 aromatic rings. The molecule has 2 N–H and O–H groups in total. The number of hydrogen-bond acceptors (Lipinski definition) is 2. The topological polar surface area (TPSA) is 66.4 Å². The minimum Gasteiger partial charge on any atom is -0.480 e. The summed E-state index contributed by atoms with van der Waals surface area (Å²) in [5.41, 5.74) is -0.372. The Morgan fingerprint density at radius 3 is 2.43 bits per heavy atom. The first kappa shape index (κ1) is 16.8. The van der Waals surface area contributed by atoms with Crippen molar-refractivity contribution in [3.8, 4) is 0 Å². The van der Waals surface area contributed by atoms with Gasteiger partial charge < -0.3 is 10.4 Å². The summed E-state index contributed by atoms with van der Waals surface area (Å²) in [7, 11) is 0. The molecule has 21 heavy (non-hydrogen) atoms. The SMILES string of the molecule is C=CCCC(NC(=O)C(C)c1c(F)cccc1F)C(=O)O. The van der Waals surface area contributed by atoms with Gasteiger partial charge in [-0.3, -0.25) is 4.79 Å². The number of hydrogen-bond donors (Lipinski definition) is 2. The maximum atomic E-state index is 13.6. The van der Waals surface area contributed by atoms with Crippen molar-refractivity contribution >= 4 is 11.9 Å². The average Bonchev–Trinajstić information content (AvgIpc) is 2.42. The van der Waals surface area contributed by atoms with Gasteiger partial charge in [-0.2, -0.15) is 0 Å². The van der Waals surface area contributed by atoms with Gasteiger partial charge in [-0.1, -0.05) is 12.1 Å². The van der Waals surface area contributed by atoms with Crippen LogP contribution in [0.1, 0.15) is 31.2 Å². The predicted molar refractivity (Wildman–Crippen MR) is 73.8 cm³/mol. The molecular weight excluding hydrogens is 280 g/mol. The van der Waals surface area contributed by atoms with E-state index in [1.807, 2.05) is 0 Å². The molecule has 2 atom stereocenters. The molecule has 1 amide bonds. The van der Waals surface area contributed by atoms with E-state index in [0.29, 0.717) is 6.42 Å². The molecule has 1 rings (SSSR count). The lowest BCUT2D eigenvalue weighted by atomic mass is 9.98. The van der Waals surface area contributed by atoms with Crippen molar-refractivity contribution in [2.24, 2.45) is 0 Å². The number of benzene rings is 1. The Labute approximate surface area is 121 Å². The monoisotopic (exact) mass is 297 g/mol. The summed E-state index contributed by atoms with van der Waals surface area (Å²) in [4.78, 5) is 23.0. The molecule has 0 saturated heterocycles. The fourth-order valence-corrected chi connectivity index (χ4v) is 1.89. The second kappa shape index (κ2) is 7.52. The highest BCUT2D eigenvalue weighted by Gasteiger charge is 2.26. The van der Waals surface area contributed by atoms with E-state index in [9.17, 15) is 18.4 Å². The van der Waals surface area contributed by atoms with Gasteiger partial charge in [0.05, 0.1) is 5.92 Å². The number of carbonyl (C=O) groups excluding carboxylic acids is 1. The summed E-state index contributed by atoms with van der Waals surface area (Å²) in [5.74, 6) is -4.75. The quantitative estimate of drug-likeness (QED) is 0.760. The first-order valence-corrected chi connectivity index (χ1v) is 6.46. The van der Waals surface area contributed by atoms with Gasteiger partial charge in [0.1, 0.15) is 17.7 Å². The third-order valence-corrected chi connectivity index (χ3v) is 3.10. The first-order chi connectivity index (χ1) is 9.88. The molecule has 0 fully saturated rings. The molecule has 0 aliphatic heterocycles. The number of rotatable bonds is 7. The van der Waals surface area contributed by atoms with E-state index in [-0.39, 0.29) is 12.0 Å². The highest BCUT2D eigenvalue weighted by atomic mass is 19.1. The van der Waals surface area contributed by atoms with Gasteiger partial charge in [-0.05, 0) is 31.9 Å². The maximum absolute atomic E-state index is 13.6. The van der Waals surface area contributed by atoms with Crippen LogP contribution in [0.3, 0.4) is 0 Å². The molecule has 2 unspecified atom stereocenters. The van der Waals surface area contributed by atoms with E-state index in [1.54, 1.807) is 0 Å². The van der Waals surface area contributed by atoms with Crippen molar-refractivity contribution in [2.45, 2.75) is 31.7 Å². The van der Waals surface area contributed by atoms with Crippen LogP contribution in [0.5, 0.6) is 0 Å². The molecule has 114 valence electrons. The van der Waals surface area contributed by atoms with Crippen LogP contribution < -0.4 is 5.32 Å². The van der Waals surface area contributed by atoms with Crippen molar-refractivity contribution in [1.29, 1.82) is 0 Å². The number of carboxylic acids is 1. The van der Waals surface area contributed by atoms with Crippen molar-refractivity contribution < 1.29 is 23.5 Å². The van der Waals surface area contributed by atoms with Gasteiger partial charge in [0.15, 0.2) is 0 Å². The molecule has 0 bridgehead atoms. The third kappa shape index (κ3) is 4.37. The fraction of sp³-hybridized carbons (Fsp3) is 0.333. The number of nitrogens with one attached hydrogen (secondary N) is 1. The lowest BCUT2D eigenvalue weighted by Gasteiger charge is -2.18. The molecule has 4 nitrogen and oxygen atoms in total. The van der Waals surface area contributed by atoms with E-state index < -0.39 is 35.5 Å². The van der Waals surface area contributed by atoms with Gasteiger partial charge in [-0.15, -0.1) is 6.58 Å². The van der Waals surface area contributed by atoms with Crippen molar-refractivity contribution in [1.82, 2.24) is 5.32 Å². The molecule has 0 aliphatic carbocycles. The smallest absolute Gasteiger partial charge is 0.326 e. The Morgan fingerprint density at radius 2 is 1.95 bits per heavy atom. The van der Waals surface area contributed by atoms with Crippen molar-refractivity contribution in [2.75, 3.05) is 0 Å². The second-order valence-electron chi connectivity index (χ2n) is 4.62. The van der Waals surface area contributed by atoms with Crippen LogP contribution in [-0.4, -0.2) is 23.0 Å². The van der Waals surface area contributed by atoms with Crippen LogP contribution in [0.25, 0.3) is 0 Å². The molecule has 1 aromatic carbocycles. The van der Waals surface area contributed by atoms with Crippen LogP contribution >= 0.6 is 0 Å². The van der Waals surface area contributed by atoms with Crippen LogP contribution in [0.15, 0.2) is 30.9 Å². The average molecular weight is 297 g/mol. The number of amides is 1. The molecule has 0 spiro atoms. The third-order valence-electron chi connectivity index (χ3n) is 3.10. The van der Waals surface area contributed by atoms with Gasteiger partial charge in [0.25, 0.3) is 0 Å². The van der Waals surface area contributed by atoms with Gasteiger partial charge in [0, 0.05) is 5.56 Å². The van der Waals surface area contributed by atoms with E-state index in [1.165, 1.54) is 19.1 Å². The van der Waals surface area contributed by atoms with Crippen molar-refractivity contribution in [3.05, 3.63) is 48.1 Å². The highest BCUT2D eigenvalue weighted by molar-refractivity contribution is 5.87. The standard InChI is InChI=1S/C15H17F2NO3/c1-3-4-8-12(15(20)21)18-14(19)9(2)13-10(16)6-5-7-11(13)17/h3,5-7,9,12H,1,4,8H2,2H3,(H,18,19)(H,20,21). The minimum absolute atomic E-state index is 0.164. The maximum Gasteiger partial charge on any atom is 0.326 e. The van der Waals surface area contributed by atoms with Crippen LogP contribution in [0, 0.1) is 11.6 Å². The van der Waals surface area contributed by atoms with E-state index in [4.69, 9.17) is 5.11 Å². The predicted octanol–water partition coefficient (Wildman–Crippen LogP) is 2.60. The number of aliphatic carboxylic acids is 1. The molecule has 6 heteroatoms. The Bertz CT molecular complexity index is 525. The zero-order valence-corrected chi connectivity index (χ0v) is 11.6. The molecular formula is C15H17F2NO3. The Morgan fingerprint density at radius 1 is 1.38 bits per heavy atom. The minimum atomic E-state index is -1.20. The molecule has 0 aromatic heterocycles. The summed E-state index contributed by atoms with van der Waals surface area (Å²) in [6, 6.07) is 2.18. The zero-order chi connectivity index (χ0) is 16.0. The molecule has 0 heterocycles. The Hall–Kier alpha value is -2.24. The number of halogens is 2. The van der Waals surface area contributed by atoms with E-state index in [2.05, 4.69) is 11.9 Å². The first-order valence-electron chi connectivity index (χ1n) is 6.46. The lowest BCUT2D eigenvalue weighted by molar-refractivity contribution is -0.142. The number of allylic oxidation sites excluding steroid dienone is 1. The normalized spacial score (nSPS) is 13.3. The largest absolute Gasteiger partial charge is 0.480 e. The van der Waals surface area contributed by atoms with Crippen LogP contribution in [0.4, 0.5) is 8.78 Å². The molecule has 0 radical (unpaired) electrons. The summed E-state index contributed by atoms with van der Waals surface area (Å²) < 4.78 is 27.2. The van der Waals surface area contributed by atoms with E-state index in [0.717, 1.165) is 12.1 Å².